The van der Waals surface area contributed by atoms with E-state index >= 15 is 0 Å². The van der Waals surface area contributed by atoms with Crippen molar-refractivity contribution in [1.82, 2.24) is 20.1 Å². The second kappa shape index (κ2) is 3.67. The Morgan fingerprint density at radius 2 is 2.43 bits per heavy atom. The van der Waals surface area contributed by atoms with Gasteiger partial charge in [-0.15, -0.1) is 0 Å². The molecule has 2 rings (SSSR count). The second-order valence-electron chi connectivity index (χ2n) is 3.95. The number of aromatic nitrogens is 3. The zero-order valence-corrected chi connectivity index (χ0v) is 8.40. The second-order valence-corrected chi connectivity index (χ2v) is 3.95. The number of nitrogens with one attached hydrogen (secondary N) is 1. The van der Waals surface area contributed by atoms with Crippen molar-refractivity contribution in [2.75, 3.05) is 6.61 Å². The van der Waals surface area contributed by atoms with E-state index in [4.69, 9.17) is 0 Å². The first-order valence-electron chi connectivity index (χ1n) is 4.94. The molecule has 14 heavy (non-hydrogen) atoms. The van der Waals surface area contributed by atoms with Crippen LogP contribution in [0.1, 0.15) is 25.1 Å². The van der Waals surface area contributed by atoms with Gasteiger partial charge in [0, 0.05) is 12.6 Å². The SMILES string of the molecule is Cn1ncnc1CNC1(CO)CCC1. The van der Waals surface area contributed by atoms with E-state index in [0.717, 1.165) is 18.7 Å². The van der Waals surface area contributed by atoms with Gasteiger partial charge in [0.2, 0.25) is 0 Å². The first-order chi connectivity index (χ1) is 6.76. The van der Waals surface area contributed by atoms with E-state index in [1.54, 1.807) is 11.0 Å². The summed E-state index contributed by atoms with van der Waals surface area (Å²) >= 11 is 0. The third kappa shape index (κ3) is 1.65. The predicted octanol–water partition coefficient (Wildman–Crippen LogP) is -0.180. The van der Waals surface area contributed by atoms with Gasteiger partial charge in [0.05, 0.1) is 13.2 Å². The van der Waals surface area contributed by atoms with Gasteiger partial charge in [-0.05, 0) is 19.3 Å². The number of aliphatic hydroxyl groups is 1. The quantitative estimate of drug-likeness (QED) is 0.701. The maximum absolute atomic E-state index is 9.23. The molecule has 5 heteroatoms. The largest absolute Gasteiger partial charge is 0.394 e. The molecule has 0 unspecified atom stereocenters. The Kier molecular flexibility index (Phi) is 2.52. The molecule has 1 fully saturated rings. The van der Waals surface area contributed by atoms with Crippen LogP contribution >= 0.6 is 0 Å². The normalized spacial score (nSPS) is 19.3. The van der Waals surface area contributed by atoms with E-state index in [1.807, 2.05) is 7.05 Å². The summed E-state index contributed by atoms with van der Waals surface area (Å²) in [4.78, 5) is 4.12. The van der Waals surface area contributed by atoms with Gasteiger partial charge in [0.15, 0.2) is 0 Å². The Balaban J connectivity index is 1.90. The summed E-state index contributed by atoms with van der Waals surface area (Å²) in [5, 5.41) is 16.6. The zero-order valence-electron chi connectivity index (χ0n) is 8.40. The lowest BCUT2D eigenvalue weighted by Crippen LogP contribution is -2.53. The van der Waals surface area contributed by atoms with Gasteiger partial charge in [-0.25, -0.2) is 4.98 Å². The average molecular weight is 196 g/mol. The molecule has 0 aromatic carbocycles. The van der Waals surface area contributed by atoms with Crippen molar-refractivity contribution in [3.8, 4) is 0 Å². The van der Waals surface area contributed by atoms with E-state index in [2.05, 4.69) is 15.4 Å². The fourth-order valence-corrected chi connectivity index (χ4v) is 1.74. The van der Waals surface area contributed by atoms with Crippen LogP contribution in [0.25, 0.3) is 0 Å². The van der Waals surface area contributed by atoms with Gasteiger partial charge in [0.1, 0.15) is 12.2 Å². The molecule has 1 saturated carbocycles. The molecule has 78 valence electrons. The summed E-state index contributed by atoms with van der Waals surface area (Å²) in [6.07, 6.45) is 4.86. The minimum absolute atomic E-state index is 0.0497. The molecule has 0 saturated heterocycles. The number of rotatable bonds is 4. The van der Waals surface area contributed by atoms with Crippen LogP contribution < -0.4 is 5.32 Å². The van der Waals surface area contributed by atoms with Crippen LogP contribution in [0.15, 0.2) is 6.33 Å². The Bertz CT molecular complexity index is 300. The molecule has 0 amide bonds. The highest BCUT2D eigenvalue weighted by molar-refractivity contribution is 4.97. The van der Waals surface area contributed by atoms with E-state index in [1.165, 1.54) is 6.42 Å². The van der Waals surface area contributed by atoms with E-state index in [0.29, 0.717) is 6.54 Å². The Morgan fingerprint density at radius 1 is 1.64 bits per heavy atom. The maximum Gasteiger partial charge on any atom is 0.140 e. The third-order valence-electron chi connectivity index (χ3n) is 3.04. The molecule has 1 aromatic rings. The predicted molar refractivity (Wildman–Crippen MR) is 51.5 cm³/mol. The Hall–Kier alpha value is -0.940. The van der Waals surface area contributed by atoms with Gasteiger partial charge in [-0.1, -0.05) is 0 Å². The third-order valence-corrected chi connectivity index (χ3v) is 3.04. The molecule has 0 spiro atoms. The molecule has 0 radical (unpaired) electrons. The lowest BCUT2D eigenvalue weighted by atomic mass is 9.77. The van der Waals surface area contributed by atoms with Crippen molar-refractivity contribution >= 4 is 0 Å². The highest BCUT2D eigenvalue weighted by Gasteiger charge is 2.35. The minimum Gasteiger partial charge on any atom is -0.394 e. The van der Waals surface area contributed by atoms with E-state index < -0.39 is 0 Å². The number of nitrogens with zero attached hydrogens (tertiary/aromatic N) is 3. The molecule has 1 aliphatic carbocycles. The fraction of sp³-hybridized carbons (Fsp3) is 0.778. The van der Waals surface area contributed by atoms with Crippen LogP contribution in [0.5, 0.6) is 0 Å². The highest BCUT2D eigenvalue weighted by Crippen LogP contribution is 2.31. The Morgan fingerprint density at radius 3 is 2.86 bits per heavy atom. The fourth-order valence-electron chi connectivity index (χ4n) is 1.74. The van der Waals surface area contributed by atoms with Gasteiger partial charge in [0.25, 0.3) is 0 Å². The van der Waals surface area contributed by atoms with Crippen LogP contribution in [0, 0.1) is 0 Å². The lowest BCUT2D eigenvalue weighted by Gasteiger charge is -2.41. The molecular formula is C9H16N4O. The molecule has 5 nitrogen and oxygen atoms in total. The lowest BCUT2D eigenvalue weighted by molar-refractivity contribution is 0.0861. The summed E-state index contributed by atoms with van der Waals surface area (Å²) in [5.41, 5.74) is -0.0497. The average Bonchev–Trinajstić information content (AvgIpc) is 2.51. The monoisotopic (exact) mass is 196 g/mol. The van der Waals surface area contributed by atoms with Gasteiger partial charge < -0.3 is 10.4 Å². The van der Waals surface area contributed by atoms with Crippen molar-refractivity contribution in [2.45, 2.75) is 31.3 Å². The highest BCUT2D eigenvalue weighted by atomic mass is 16.3. The molecule has 1 heterocycles. The summed E-state index contributed by atoms with van der Waals surface area (Å²) in [5.74, 6) is 0.907. The summed E-state index contributed by atoms with van der Waals surface area (Å²) < 4.78 is 1.75. The zero-order chi connectivity index (χ0) is 10.0. The first-order valence-corrected chi connectivity index (χ1v) is 4.94. The maximum atomic E-state index is 9.23. The molecule has 0 aliphatic heterocycles. The van der Waals surface area contributed by atoms with Crippen molar-refractivity contribution < 1.29 is 5.11 Å². The van der Waals surface area contributed by atoms with Crippen molar-refractivity contribution in [1.29, 1.82) is 0 Å². The summed E-state index contributed by atoms with van der Waals surface area (Å²) in [6.45, 7) is 0.891. The summed E-state index contributed by atoms with van der Waals surface area (Å²) in [6, 6.07) is 0. The Labute approximate surface area is 83.2 Å². The molecule has 2 N–H and O–H groups in total. The standard InChI is InChI=1S/C9H16N4O/c1-13-8(10-7-12-13)5-11-9(6-14)3-2-4-9/h7,11,14H,2-6H2,1H3. The van der Waals surface area contributed by atoms with E-state index in [-0.39, 0.29) is 12.1 Å². The summed E-state index contributed by atoms with van der Waals surface area (Å²) in [7, 11) is 1.87. The van der Waals surface area contributed by atoms with Crippen LogP contribution in [-0.2, 0) is 13.6 Å². The molecule has 0 bridgehead atoms. The van der Waals surface area contributed by atoms with Gasteiger partial charge in [-0.2, -0.15) is 5.10 Å². The van der Waals surface area contributed by atoms with Gasteiger partial charge >= 0.3 is 0 Å². The topological polar surface area (TPSA) is 63.0 Å². The number of aryl methyl sites for hydroxylation is 1. The molecule has 1 aromatic heterocycles. The minimum atomic E-state index is -0.0497. The molecular weight excluding hydrogens is 180 g/mol. The van der Waals surface area contributed by atoms with E-state index in [9.17, 15) is 5.11 Å². The number of hydrogen-bond acceptors (Lipinski definition) is 4. The molecule has 1 aliphatic rings. The van der Waals surface area contributed by atoms with Gasteiger partial charge in [-0.3, -0.25) is 4.68 Å². The smallest absolute Gasteiger partial charge is 0.140 e. The molecule has 0 atom stereocenters. The van der Waals surface area contributed by atoms with Crippen molar-refractivity contribution in [2.24, 2.45) is 7.05 Å². The van der Waals surface area contributed by atoms with Crippen LogP contribution in [-0.4, -0.2) is 32.0 Å². The first kappa shape index (κ1) is 9.61. The van der Waals surface area contributed by atoms with Crippen molar-refractivity contribution in [3.63, 3.8) is 0 Å². The number of aliphatic hydroxyl groups excluding tert-OH is 1. The van der Waals surface area contributed by atoms with Crippen LogP contribution in [0.4, 0.5) is 0 Å². The van der Waals surface area contributed by atoms with Crippen LogP contribution in [0.3, 0.4) is 0 Å². The van der Waals surface area contributed by atoms with Crippen LogP contribution in [0.2, 0.25) is 0 Å². The van der Waals surface area contributed by atoms with Crippen molar-refractivity contribution in [3.05, 3.63) is 12.2 Å². The number of hydrogen-bond donors (Lipinski definition) is 2.